The third-order valence-corrected chi connectivity index (χ3v) is 11.0. The van der Waals surface area contributed by atoms with E-state index in [-0.39, 0.29) is 19.1 Å². The zero-order valence-corrected chi connectivity index (χ0v) is 38.0. The third kappa shape index (κ3) is 40.6. The highest BCUT2D eigenvalue weighted by atomic mass is 31.2. The van der Waals surface area contributed by atoms with Gasteiger partial charge in [-0.1, -0.05) is 178 Å². The van der Waals surface area contributed by atoms with Crippen molar-refractivity contribution >= 4 is 13.7 Å². The maximum atomic E-state index is 12.9. The molecule has 0 aliphatic heterocycles. The first-order valence-corrected chi connectivity index (χ1v) is 24.5. The van der Waals surface area contributed by atoms with E-state index < -0.39 is 20.0 Å². The Bertz CT molecular complexity index is 1050. The highest BCUT2D eigenvalue weighted by molar-refractivity contribution is 7.47. The van der Waals surface area contributed by atoms with Gasteiger partial charge in [-0.3, -0.25) is 13.8 Å². The number of aliphatic hydroxyl groups is 1. The van der Waals surface area contributed by atoms with E-state index >= 15 is 0 Å². The lowest BCUT2D eigenvalue weighted by atomic mass is 10.0. The molecule has 0 aliphatic carbocycles. The molecule has 3 N–H and O–H groups in total. The second-order valence-electron chi connectivity index (χ2n) is 16.8. The molecule has 0 spiro atoms. The van der Waals surface area contributed by atoms with Gasteiger partial charge >= 0.3 is 7.82 Å². The molecule has 1 amide bonds. The molecule has 0 bridgehead atoms. The number of carbonyl (C=O) groups excluding carboxylic acids is 1. The van der Waals surface area contributed by atoms with Crippen LogP contribution in [0.2, 0.25) is 0 Å². The van der Waals surface area contributed by atoms with Crippen molar-refractivity contribution in [2.45, 2.75) is 206 Å². The van der Waals surface area contributed by atoms with Gasteiger partial charge in [-0.05, 0) is 57.8 Å². The van der Waals surface area contributed by atoms with Crippen LogP contribution < -0.4 is 5.32 Å². The number of quaternary nitrogens is 1. The van der Waals surface area contributed by atoms with Crippen LogP contribution in [0.25, 0.3) is 0 Å². The van der Waals surface area contributed by atoms with Gasteiger partial charge in [-0.25, -0.2) is 4.57 Å². The summed E-state index contributed by atoms with van der Waals surface area (Å²) in [6, 6.07) is -0.870. The molecule has 0 aliphatic rings. The number of unbranched alkanes of at least 4 members (excludes halogenated alkanes) is 22. The molecule has 0 heterocycles. The number of allylic oxidation sites excluding steroid dienone is 7. The van der Waals surface area contributed by atoms with Gasteiger partial charge in [0.15, 0.2) is 0 Å². The summed E-state index contributed by atoms with van der Waals surface area (Å²) in [6.07, 6.45) is 49.0. The fraction of sp³-hybridized carbons (Fsp3) is 0.809. The van der Waals surface area contributed by atoms with Gasteiger partial charge < -0.3 is 19.8 Å². The molecular weight excluding hydrogens is 719 g/mol. The van der Waals surface area contributed by atoms with Crippen LogP contribution in [0.5, 0.6) is 0 Å². The molecule has 9 heteroatoms. The SMILES string of the molecule is CCCC/C=C\C/C=C\CCCCCCCC(=O)NC(COP(=O)(O)OCC[N+](C)(C)C)C(O)/C=C/CC/C=C/CCCCCCCCCCCCCCCC. The molecule has 0 aromatic heterocycles. The van der Waals surface area contributed by atoms with Crippen LogP contribution in [0.4, 0.5) is 0 Å². The first-order chi connectivity index (χ1) is 27.0. The minimum Gasteiger partial charge on any atom is -0.387 e. The quantitative estimate of drug-likeness (QED) is 0.0246. The van der Waals surface area contributed by atoms with E-state index in [0.29, 0.717) is 17.4 Å². The monoisotopic (exact) mass is 810 g/mol. The molecule has 0 aromatic rings. The van der Waals surface area contributed by atoms with E-state index in [1.807, 2.05) is 27.2 Å². The summed E-state index contributed by atoms with van der Waals surface area (Å²) < 4.78 is 23.5. The molecule has 0 rings (SSSR count). The van der Waals surface area contributed by atoms with Gasteiger partial charge in [0.25, 0.3) is 0 Å². The lowest BCUT2D eigenvalue weighted by Gasteiger charge is -2.25. The van der Waals surface area contributed by atoms with Crippen molar-refractivity contribution in [2.75, 3.05) is 40.9 Å². The van der Waals surface area contributed by atoms with E-state index in [2.05, 4.69) is 55.6 Å². The van der Waals surface area contributed by atoms with Crippen LogP contribution in [-0.2, 0) is 18.4 Å². The molecule has 0 aromatic carbocycles. The number of phosphoric acid groups is 1. The van der Waals surface area contributed by atoms with Gasteiger partial charge in [0, 0.05) is 6.42 Å². The number of amides is 1. The van der Waals surface area contributed by atoms with Crippen LogP contribution >= 0.6 is 7.82 Å². The summed E-state index contributed by atoms with van der Waals surface area (Å²) >= 11 is 0. The molecule has 3 atom stereocenters. The van der Waals surface area contributed by atoms with Gasteiger partial charge in [0.2, 0.25) is 5.91 Å². The zero-order chi connectivity index (χ0) is 41.4. The predicted octanol–water partition coefficient (Wildman–Crippen LogP) is 12.9. The molecule has 8 nitrogen and oxygen atoms in total. The van der Waals surface area contributed by atoms with E-state index in [1.165, 1.54) is 109 Å². The Morgan fingerprint density at radius 3 is 1.59 bits per heavy atom. The molecule has 328 valence electrons. The van der Waals surface area contributed by atoms with E-state index in [9.17, 15) is 19.4 Å². The standard InChI is InChI=1S/C47H89N2O6P/c1-6-8-10-12-14-16-18-20-22-23-24-25-26-27-28-30-32-34-36-38-40-46(50)45(44-55-56(52,53)54-43-42-49(3,4)5)48-47(51)41-39-37-35-33-31-29-21-19-17-15-13-11-9-7-2/h13,15,19,21,30,32,38,40,45-46,50H,6-12,14,16-18,20,22-29,31,33-37,39,41-44H2,1-5H3,(H-,48,51,52,53)/p+1/b15-13-,21-19-,32-30+,40-38+. The molecule has 0 radical (unpaired) electrons. The van der Waals surface area contributed by atoms with E-state index in [4.69, 9.17) is 9.05 Å². The maximum absolute atomic E-state index is 12.9. The van der Waals surface area contributed by atoms with Crippen molar-refractivity contribution in [2.24, 2.45) is 0 Å². The lowest BCUT2D eigenvalue weighted by Crippen LogP contribution is -2.45. The number of hydrogen-bond donors (Lipinski definition) is 3. The Hall–Kier alpha value is -1.54. The summed E-state index contributed by atoms with van der Waals surface area (Å²) in [4.78, 5) is 23.1. The van der Waals surface area contributed by atoms with Crippen LogP contribution in [0.3, 0.4) is 0 Å². The number of carbonyl (C=O) groups is 1. The van der Waals surface area contributed by atoms with Crippen LogP contribution in [0.15, 0.2) is 48.6 Å². The molecule has 56 heavy (non-hydrogen) atoms. The van der Waals surface area contributed by atoms with Gasteiger partial charge in [0.05, 0.1) is 39.9 Å². The second-order valence-corrected chi connectivity index (χ2v) is 18.2. The van der Waals surface area contributed by atoms with E-state index in [1.54, 1.807) is 6.08 Å². The second kappa shape index (κ2) is 38.9. The third-order valence-electron chi connectivity index (χ3n) is 10.0. The minimum absolute atomic E-state index is 0.0520. The van der Waals surface area contributed by atoms with Crippen LogP contribution in [0.1, 0.15) is 194 Å². The summed E-state index contributed by atoms with van der Waals surface area (Å²) in [5.41, 5.74) is 0. The molecule has 3 unspecified atom stereocenters. The van der Waals surface area contributed by atoms with Crippen LogP contribution in [-0.4, -0.2) is 73.4 Å². The Morgan fingerprint density at radius 1 is 0.607 bits per heavy atom. The number of nitrogens with one attached hydrogen (secondary N) is 1. The predicted molar refractivity (Wildman–Crippen MR) is 240 cm³/mol. The van der Waals surface area contributed by atoms with Gasteiger partial charge in [-0.15, -0.1) is 0 Å². The fourth-order valence-corrected chi connectivity index (χ4v) is 7.04. The maximum Gasteiger partial charge on any atom is 0.472 e. The molecule has 0 fully saturated rings. The average molecular weight is 810 g/mol. The van der Waals surface area contributed by atoms with Crippen molar-refractivity contribution < 1.29 is 32.9 Å². The van der Waals surface area contributed by atoms with Crippen molar-refractivity contribution in [3.63, 3.8) is 0 Å². The number of phosphoric ester groups is 1. The highest BCUT2D eigenvalue weighted by Gasteiger charge is 2.27. The fourth-order valence-electron chi connectivity index (χ4n) is 6.31. The van der Waals surface area contributed by atoms with Gasteiger partial charge in [0.1, 0.15) is 13.2 Å². The Labute approximate surface area is 346 Å². The van der Waals surface area contributed by atoms with Crippen LogP contribution in [0, 0.1) is 0 Å². The zero-order valence-electron chi connectivity index (χ0n) is 37.1. The highest BCUT2D eigenvalue weighted by Crippen LogP contribution is 2.43. The number of likely N-dealkylation sites (N-methyl/N-ethyl adjacent to an activating group) is 1. The first kappa shape index (κ1) is 54.5. The van der Waals surface area contributed by atoms with Crippen molar-refractivity contribution in [1.29, 1.82) is 0 Å². The van der Waals surface area contributed by atoms with E-state index in [0.717, 1.165) is 64.2 Å². The number of aliphatic hydroxyl groups excluding tert-OH is 1. The lowest BCUT2D eigenvalue weighted by molar-refractivity contribution is -0.870. The summed E-state index contributed by atoms with van der Waals surface area (Å²) in [6.45, 7) is 4.74. The normalized spacial score (nSPS) is 14.8. The minimum atomic E-state index is -4.35. The molecular formula is C47H90N2O6P+. The summed E-state index contributed by atoms with van der Waals surface area (Å²) in [7, 11) is 1.54. The average Bonchev–Trinajstić information content (AvgIpc) is 3.15. The summed E-state index contributed by atoms with van der Waals surface area (Å²) in [5.74, 6) is -0.203. The molecule has 0 saturated carbocycles. The van der Waals surface area contributed by atoms with Gasteiger partial charge in [-0.2, -0.15) is 0 Å². The van der Waals surface area contributed by atoms with Crippen molar-refractivity contribution in [3.05, 3.63) is 48.6 Å². The topological polar surface area (TPSA) is 105 Å². The number of rotatable bonds is 41. The van der Waals surface area contributed by atoms with Crippen molar-refractivity contribution in [1.82, 2.24) is 5.32 Å². The Kier molecular flexibility index (Phi) is 37.9. The number of hydrogen-bond acceptors (Lipinski definition) is 5. The van der Waals surface area contributed by atoms with Crippen molar-refractivity contribution in [3.8, 4) is 0 Å². The number of nitrogens with zero attached hydrogens (tertiary/aromatic N) is 1. The Balaban J connectivity index is 4.46. The first-order valence-electron chi connectivity index (χ1n) is 23.0. The smallest absolute Gasteiger partial charge is 0.387 e. The largest absolute Gasteiger partial charge is 0.472 e. The molecule has 0 saturated heterocycles. The Morgan fingerprint density at radius 2 is 1.05 bits per heavy atom. The summed E-state index contributed by atoms with van der Waals surface area (Å²) in [5, 5.41) is 13.8.